The number of hydrogen-bond acceptors (Lipinski definition) is 6. The highest BCUT2D eigenvalue weighted by molar-refractivity contribution is 7.89. The largest absolute Gasteiger partial charge is 0.281 e. The molecule has 1 amide bonds. The molecule has 2 heterocycles. The van der Waals surface area contributed by atoms with Crippen molar-refractivity contribution in [1.82, 2.24) is 14.4 Å². The Kier molecular flexibility index (Phi) is 5.96. The van der Waals surface area contributed by atoms with Crippen LogP contribution in [0.4, 0.5) is 0 Å². The second-order valence-corrected chi connectivity index (χ2v) is 10.7. The van der Waals surface area contributed by atoms with Crippen LogP contribution < -0.4 is 15.7 Å². The van der Waals surface area contributed by atoms with Gasteiger partial charge in [0.25, 0.3) is 5.56 Å². The molecule has 8 nitrogen and oxygen atoms in total. The molecule has 0 aliphatic heterocycles. The Bertz CT molecular complexity index is 1330. The predicted molar refractivity (Wildman–Crippen MR) is 121 cm³/mol. The van der Waals surface area contributed by atoms with Crippen molar-refractivity contribution >= 4 is 37.5 Å². The molecule has 0 unspecified atom stereocenters. The Morgan fingerprint density at radius 2 is 1.94 bits per heavy atom. The molecule has 0 fully saturated rings. The van der Waals surface area contributed by atoms with Crippen molar-refractivity contribution in [1.29, 1.82) is 0 Å². The molecule has 0 radical (unpaired) electrons. The molecular weight excluding hydrogens is 436 g/mol. The van der Waals surface area contributed by atoms with Gasteiger partial charge in [0.1, 0.15) is 11.2 Å². The predicted octanol–water partition coefficient (Wildman–Crippen LogP) is 2.39. The van der Waals surface area contributed by atoms with Crippen molar-refractivity contribution < 1.29 is 13.2 Å². The van der Waals surface area contributed by atoms with Gasteiger partial charge in [-0.2, -0.15) is 0 Å². The molecule has 1 aliphatic rings. The minimum absolute atomic E-state index is 0.0771. The number of aromatic nitrogens is 2. The summed E-state index contributed by atoms with van der Waals surface area (Å²) in [6.45, 7) is 3.68. The fourth-order valence-corrected chi connectivity index (χ4v) is 5.83. The van der Waals surface area contributed by atoms with E-state index in [-0.39, 0.29) is 23.4 Å². The molecule has 10 heteroatoms. The molecule has 2 aromatic heterocycles. The fraction of sp³-hybridized carbons (Fsp3) is 0.381. The number of fused-ring (bicyclic) bond motifs is 2. The summed E-state index contributed by atoms with van der Waals surface area (Å²) >= 11 is 1.43. The van der Waals surface area contributed by atoms with Gasteiger partial charge in [0, 0.05) is 17.8 Å². The van der Waals surface area contributed by atoms with Crippen molar-refractivity contribution in [3.63, 3.8) is 0 Å². The second-order valence-electron chi connectivity index (χ2n) is 7.70. The third-order valence-electron chi connectivity index (χ3n) is 5.61. The van der Waals surface area contributed by atoms with E-state index >= 15 is 0 Å². The van der Waals surface area contributed by atoms with Crippen LogP contribution >= 0.6 is 11.3 Å². The molecule has 1 aliphatic carbocycles. The van der Waals surface area contributed by atoms with Gasteiger partial charge in [-0.3, -0.25) is 15.0 Å². The maximum Gasteiger partial charge on any atom is 0.281 e. The SMILES string of the molecule is Cc1sc2ncn(NC(=O)CCNS(=O)(=O)c3ccc4c(c3)CCCC4)c(=O)c2c1C. The Morgan fingerprint density at radius 1 is 1.19 bits per heavy atom. The number of amides is 1. The second kappa shape index (κ2) is 8.52. The first-order valence-electron chi connectivity index (χ1n) is 10.1. The summed E-state index contributed by atoms with van der Waals surface area (Å²) in [6.07, 6.45) is 5.22. The molecule has 1 aromatic carbocycles. The molecule has 4 rings (SSSR count). The van der Waals surface area contributed by atoms with E-state index in [4.69, 9.17) is 0 Å². The highest BCUT2D eigenvalue weighted by Gasteiger charge is 2.18. The summed E-state index contributed by atoms with van der Waals surface area (Å²) in [5, 5.41) is 0.485. The third kappa shape index (κ3) is 4.41. The van der Waals surface area contributed by atoms with Crippen LogP contribution in [0.25, 0.3) is 10.2 Å². The van der Waals surface area contributed by atoms with Gasteiger partial charge in [0.05, 0.1) is 10.3 Å². The highest BCUT2D eigenvalue weighted by Crippen LogP contribution is 2.25. The summed E-state index contributed by atoms with van der Waals surface area (Å²) in [5.74, 6) is -0.485. The Labute approximate surface area is 184 Å². The molecule has 0 saturated heterocycles. The minimum Gasteiger partial charge on any atom is -0.273 e. The summed E-state index contributed by atoms with van der Waals surface area (Å²) < 4.78 is 28.7. The Morgan fingerprint density at radius 3 is 2.71 bits per heavy atom. The first-order chi connectivity index (χ1) is 14.8. The van der Waals surface area contributed by atoms with Crippen LogP contribution in [0.1, 0.15) is 40.8 Å². The zero-order valence-electron chi connectivity index (χ0n) is 17.4. The fourth-order valence-electron chi connectivity index (χ4n) is 3.76. The highest BCUT2D eigenvalue weighted by atomic mass is 32.2. The van der Waals surface area contributed by atoms with Crippen LogP contribution in [0, 0.1) is 13.8 Å². The molecule has 0 atom stereocenters. The maximum absolute atomic E-state index is 12.6. The number of nitrogens with one attached hydrogen (secondary N) is 2. The van der Waals surface area contributed by atoms with Crippen molar-refractivity contribution in [2.75, 3.05) is 12.0 Å². The molecular formula is C21H24N4O4S2. The van der Waals surface area contributed by atoms with Gasteiger partial charge < -0.3 is 0 Å². The zero-order valence-corrected chi connectivity index (χ0v) is 19.0. The summed E-state index contributed by atoms with van der Waals surface area (Å²) in [4.78, 5) is 31.0. The van der Waals surface area contributed by atoms with Crippen LogP contribution in [-0.4, -0.2) is 30.5 Å². The minimum atomic E-state index is -3.71. The van der Waals surface area contributed by atoms with Gasteiger partial charge in [-0.1, -0.05) is 6.07 Å². The number of sulfonamides is 1. The maximum atomic E-state index is 12.6. The number of hydrogen-bond donors (Lipinski definition) is 2. The van der Waals surface area contributed by atoms with Crippen molar-refractivity contribution in [2.24, 2.45) is 0 Å². The van der Waals surface area contributed by atoms with Crippen LogP contribution in [-0.2, 0) is 27.7 Å². The van der Waals surface area contributed by atoms with E-state index in [2.05, 4.69) is 15.1 Å². The quantitative estimate of drug-likeness (QED) is 0.587. The van der Waals surface area contributed by atoms with E-state index in [0.717, 1.165) is 46.4 Å². The van der Waals surface area contributed by atoms with Gasteiger partial charge in [0.2, 0.25) is 15.9 Å². The van der Waals surface area contributed by atoms with Crippen molar-refractivity contribution in [3.05, 3.63) is 56.4 Å². The summed E-state index contributed by atoms with van der Waals surface area (Å²) in [6, 6.07) is 5.21. The van der Waals surface area contributed by atoms with E-state index in [1.807, 2.05) is 19.9 Å². The van der Waals surface area contributed by atoms with Crippen LogP contribution in [0.15, 0.2) is 34.2 Å². The zero-order chi connectivity index (χ0) is 22.2. The van der Waals surface area contributed by atoms with Crippen LogP contribution in [0.5, 0.6) is 0 Å². The smallest absolute Gasteiger partial charge is 0.273 e. The van der Waals surface area contributed by atoms with E-state index in [1.165, 1.54) is 23.2 Å². The van der Waals surface area contributed by atoms with Gasteiger partial charge in [0.15, 0.2) is 0 Å². The van der Waals surface area contributed by atoms with Gasteiger partial charge in [-0.25, -0.2) is 22.8 Å². The summed E-state index contributed by atoms with van der Waals surface area (Å²) in [5.41, 5.74) is 5.25. The molecule has 2 N–H and O–H groups in total. The lowest BCUT2D eigenvalue weighted by Crippen LogP contribution is -2.35. The average molecular weight is 461 g/mol. The van der Waals surface area contributed by atoms with Gasteiger partial charge in [-0.05, 0) is 68.4 Å². The lowest BCUT2D eigenvalue weighted by Gasteiger charge is -2.16. The number of aryl methyl sites for hydroxylation is 4. The molecule has 3 aromatic rings. The standard InChI is InChI=1S/C21H24N4O4S2/c1-13-14(2)30-20-19(13)21(27)25(12-22-20)24-18(26)9-10-23-31(28,29)17-8-7-15-5-3-4-6-16(15)11-17/h7-8,11-12,23H,3-6,9-10H2,1-2H3,(H,24,26). The molecule has 31 heavy (non-hydrogen) atoms. The van der Waals surface area contributed by atoms with Crippen molar-refractivity contribution in [2.45, 2.75) is 50.8 Å². The van der Waals surface area contributed by atoms with Crippen molar-refractivity contribution in [3.8, 4) is 0 Å². The first kappa shape index (κ1) is 21.7. The van der Waals surface area contributed by atoms with Gasteiger partial charge >= 0.3 is 0 Å². The van der Waals surface area contributed by atoms with E-state index in [1.54, 1.807) is 12.1 Å². The monoisotopic (exact) mass is 460 g/mol. The van der Waals surface area contributed by atoms with E-state index in [9.17, 15) is 18.0 Å². The number of carbonyl (C=O) groups is 1. The molecule has 0 bridgehead atoms. The van der Waals surface area contributed by atoms with E-state index < -0.39 is 15.9 Å². The topological polar surface area (TPSA) is 110 Å². The number of rotatable bonds is 6. The number of nitrogens with zero attached hydrogens (tertiary/aromatic N) is 2. The molecule has 0 saturated carbocycles. The molecule has 164 valence electrons. The van der Waals surface area contributed by atoms with E-state index in [0.29, 0.717) is 10.2 Å². The Balaban J connectivity index is 1.39. The lowest BCUT2D eigenvalue weighted by atomic mass is 9.92. The van der Waals surface area contributed by atoms with Crippen LogP contribution in [0.3, 0.4) is 0 Å². The number of carbonyl (C=O) groups excluding carboxylic acids is 1. The normalized spacial score (nSPS) is 13.9. The lowest BCUT2D eigenvalue weighted by molar-refractivity contribution is -0.117. The molecule has 0 spiro atoms. The first-order valence-corrected chi connectivity index (χ1v) is 12.4. The average Bonchev–Trinajstić information content (AvgIpc) is 3.04. The van der Waals surface area contributed by atoms with Crippen LogP contribution in [0.2, 0.25) is 0 Å². The summed E-state index contributed by atoms with van der Waals surface area (Å²) in [7, 11) is -3.71. The Hall–Kier alpha value is -2.56. The van der Waals surface area contributed by atoms with Gasteiger partial charge in [-0.15, -0.1) is 11.3 Å². The number of benzene rings is 1. The third-order valence-corrected chi connectivity index (χ3v) is 8.18. The number of thiophene rings is 1.